The number of hydrogen-bond acceptors (Lipinski definition) is 1. The molecule has 0 saturated heterocycles. The van der Waals surface area contributed by atoms with Crippen LogP contribution < -0.4 is 5.73 Å². The lowest BCUT2D eigenvalue weighted by atomic mass is 10.1. The minimum absolute atomic E-state index is 0.0775. The molecular formula is C9H15N. The van der Waals surface area contributed by atoms with E-state index in [9.17, 15) is 0 Å². The van der Waals surface area contributed by atoms with Crippen LogP contribution in [0, 0.1) is 0 Å². The van der Waals surface area contributed by atoms with E-state index < -0.39 is 0 Å². The van der Waals surface area contributed by atoms with Crippen molar-refractivity contribution in [1.82, 2.24) is 0 Å². The summed E-state index contributed by atoms with van der Waals surface area (Å²) in [6.45, 7) is 7.53. The molecule has 1 nitrogen and oxygen atoms in total. The van der Waals surface area contributed by atoms with E-state index in [4.69, 9.17) is 5.73 Å². The second kappa shape index (κ2) is 5.04. The predicted octanol–water partition coefficient (Wildman–Crippen LogP) is 2.01. The van der Waals surface area contributed by atoms with Crippen LogP contribution in [0.15, 0.2) is 30.0 Å². The van der Waals surface area contributed by atoms with Crippen molar-refractivity contribution >= 4 is 0 Å². The molecule has 0 aliphatic carbocycles. The third-order valence-electron chi connectivity index (χ3n) is 1.38. The first kappa shape index (κ1) is 9.22. The first-order valence-corrected chi connectivity index (χ1v) is 3.44. The average Bonchev–Trinajstić information content (AvgIpc) is 1.88. The summed E-state index contributed by atoms with van der Waals surface area (Å²) < 4.78 is 0. The smallest absolute Gasteiger partial charge is 0.0336 e. The van der Waals surface area contributed by atoms with Gasteiger partial charge in [-0.1, -0.05) is 18.2 Å². The van der Waals surface area contributed by atoms with Gasteiger partial charge >= 0.3 is 0 Å². The lowest BCUT2D eigenvalue weighted by Crippen LogP contribution is -2.16. The third kappa shape index (κ3) is 4.13. The maximum atomic E-state index is 5.66. The maximum Gasteiger partial charge on any atom is 0.0336 e. The Morgan fingerprint density at radius 3 is 2.80 bits per heavy atom. The van der Waals surface area contributed by atoms with Crippen LogP contribution in [0.4, 0.5) is 0 Å². The molecule has 0 fully saturated rings. The summed E-state index contributed by atoms with van der Waals surface area (Å²) in [4.78, 5) is 0. The van der Waals surface area contributed by atoms with E-state index in [0.717, 1.165) is 6.42 Å². The van der Waals surface area contributed by atoms with Gasteiger partial charge in [0.25, 0.3) is 0 Å². The molecule has 0 amide bonds. The highest BCUT2D eigenvalue weighted by atomic mass is 14.6. The molecule has 1 heteroatoms. The van der Waals surface area contributed by atoms with Crippen molar-refractivity contribution in [3.05, 3.63) is 30.0 Å². The molecule has 0 spiro atoms. The molecule has 0 heterocycles. The zero-order valence-corrected chi connectivity index (χ0v) is 6.72. The number of rotatable bonds is 3. The molecule has 0 aliphatic rings. The quantitative estimate of drug-likeness (QED) is 0.467. The van der Waals surface area contributed by atoms with E-state index in [-0.39, 0.29) is 6.04 Å². The van der Waals surface area contributed by atoms with Gasteiger partial charge in [0.05, 0.1) is 0 Å². The van der Waals surface area contributed by atoms with Crippen molar-refractivity contribution in [2.45, 2.75) is 26.3 Å². The fourth-order valence-corrected chi connectivity index (χ4v) is 0.700. The van der Waals surface area contributed by atoms with Gasteiger partial charge in [-0.3, -0.25) is 0 Å². The van der Waals surface area contributed by atoms with Crippen molar-refractivity contribution in [3.8, 4) is 0 Å². The number of hydrogen-bond donors (Lipinski definition) is 1. The van der Waals surface area contributed by atoms with Crippen LogP contribution in [0.5, 0.6) is 0 Å². The van der Waals surface area contributed by atoms with Crippen molar-refractivity contribution in [2.75, 3.05) is 0 Å². The standard InChI is InChI=1S/C9H15N/c1-4-6-9(10)7-8(3)5-2/h5-6,9H,1,7,10H2,2-3H3/b8-5+. The fourth-order valence-electron chi connectivity index (χ4n) is 0.700. The number of allylic oxidation sites excluding steroid dienone is 1. The Morgan fingerprint density at radius 1 is 1.80 bits per heavy atom. The number of nitrogens with two attached hydrogens (primary N) is 1. The molecule has 0 aromatic rings. The van der Waals surface area contributed by atoms with Gasteiger partial charge in [-0.2, -0.15) is 0 Å². The topological polar surface area (TPSA) is 26.0 Å². The molecular weight excluding hydrogens is 122 g/mol. The normalized spacial score (nSPS) is 14.1. The molecule has 0 radical (unpaired) electrons. The highest BCUT2D eigenvalue weighted by Crippen LogP contribution is 2.02. The van der Waals surface area contributed by atoms with Gasteiger partial charge in [-0.25, -0.2) is 0 Å². The van der Waals surface area contributed by atoms with Crippen LogP contribution in [0.2, 0.25) is 0 Å². The Hall–Kier alpha value is -0.780. The van der Waals surface area contributed by atoms with Gasteiger partial charge in [0.15, 0.2) is 0 Å². The zero-order valence-electron chi connectivity index (χ0n) is 6.72. The Bertz CT molecular complexity index is 162. The molecule has 2 N–H and O–H groups in total. The third-order valence-corrected chi connectivity index (χ3v) is 1.38. The van der Waals surface area contributed by atoms with Crippen LogP contribution in [-0.2, 0) is 0 Å². The molecule has 10 heavy (non-hydrogen) atoms. The lowest BCUT2D eigenvalue weighted by molar-refractivity contribution is 0.800. The molecule has 0 rings (SSSR count). The summed E-state index contributed by atoms with van der Waals surface area (Å²) in [6, 6.07) is 0.0775. The van der Waals surface area contributed by atoms with Gasteiger partial charge in [0, 0.05) is 6.04 Å². The lowest BCUT2D eigenvalue weighted by Gasteiger charge is -2.03. The predicted molar refractivity (Wildman–Crippen MR) is 45.7 cm³/mol. The fraction of sp³-hybridized carbons (Fsp3) is 0.444. The van der Waals surface area contributed by atoms with Crippen LogP contribution in [0.3, 0.4) is 0 Å². The molecule has 1 atom stereocenters. The van der Waals surface area contributed by atoms with Crippen molar-refractivity contribution in [1.29, 1.82) is 0 Å². The van der Waals surface area contributed by atoms with E-state index in [0.29, 0.717) is 0 Å². The van der Waals surface area contributed by atoms with E-state index in [1.54, 1.807) is 6.08 Å². The van der Waals surface area contributed by atoms with Crippen molar-refractivity contribution in [3.63, 3.8) is 0 Å². The molecule has 0 aromatic carbocycles. The first-order valence-electron chi connectivity index (χ1n) is 3.44. The van der Waals surface area contributed by atoms with Crippen LogP contribution in [0.25, 0.3) is 0 Å². The Labute approximate surface area is 62.9 Å². The van der Waals surface area contributed by atoms with Gasteiger partial charge in [-0.15, -0.1) is 5.73 Å². The second-order valence-corrected chi connectivity index (χ2v) is 2.37. The summed E-state index contributed by atoms with van der Waals surface area (Å²) in [5.74, 6) is 0. The van der Waals surface area contributed by atoms with Gasteiger partial charge in [0.1, 0.15) is 0 Å². The monoisotopic (exact) mass is 137 g/mol. The van der Waals surface area contributed by atoms with E-state index in [2.05, 4.69) is 25.3 Å². The van der Waals surface area contributed by atoms with Gasteiger partial charge in [0.2, 0.25) is 0 Å². The molecule has 0 aliphatic heterocycles. The molecule has 0 bridgehead atoms. The van der Waals surface area contributed by atoms with Gasteiger partial charge in [-0.05, 0) is 26.3 Å². The van der Waals surface area contributed by atoms with E-state index in [1.165, 1.54) is 5.57 Å². The molecule has 56 valence electrons. The summed E-state index contributed by atoms with van der Waals surface area (Å²) in [5.41, 5.74) is 9.64. The minimum atomic E-state index is 0.0775. The van der Waals surface area contributed by atoms with Crippen LogP contribution in [0.1, 0.15) is 20.3 Å². The SMILES string of the molecule is C=C=CC(N)C/C(C)=C/C. The zero-order chi connectivity index (χ0) is 7.98. The Morgan fingerprint density at radius 2 is 2.40 bits per heavy atom. The summed E-state index contributed by atoms with van der Waals surface area (Å²) in [5, 5.41) is 0. The summed E-state index contributed by atoms with van der Waals surface area (Å²) in [7, 11) is 0. The highest BCUT2D eigenvalue weighted by Gasteiger charge is 1.95. The van der Waals surface area contributed by atoms with E-state index in [1.807, 2.05) is 6.92 Å². The second-order valence-electron chi connectivity index (χ2n) is 2.37. The highest BCUT2D eigenvalue weighted by molar-refractivity contribution is 5.02. The largest absolute Gasteiger partial charge is 0.324 e. The molecule has 1 unspecified atom stereocenters. The molecule has 0 aromatic heterocycles. The van der Waals surface area contributed by atoms with Crippen molar-refractivity contribution in [2.24, 2.45) is 5.73 Å². The molecule has 0 saturated carbocycles. The van der Waals surface area contributed by atoms with E-state index >= 15 is 0 Å². The summed E-state index contributed by atoms with van der Waals surface area (Å²) in [6.07, 6.45) is 4.75. The average molecular weight is 137 g/mol. The van der Waals surface area contributed by atoms with Crippen LogP contribution >= 0.6 is 0 Å². The van der Waals surface area contributed by atoms with Crippen molar-refractivity contribution < 1.29 is 0 Å². The maximum absolute atomic E-state index is 5.66. The summed E-state index contributed by atoms with van der Waals surface area (Å²) >= 11 is 0. The Kier molecular flexibility index (Phi) is 4.65. The first-order chi connectivity index (χ1) is 4.70. The van der Waals surface area contributed by atoms with Crippen LogP contribution in [-0.4, -0.2) is 6.04 Å². The van der Waals surface area contributed by atoms with Gasteiger partial charge < -0.3 is 5.73 Å². The Balaban J connectivity index is 3.79. The minimum Gasteiger partial charge on any atom is -0.324 e.